The summed E-state index contributed by atoms with van der Waals surface area (Å²) in [6, 6.07) is 0. The fourth-order valence-corrected chi connectivity index (χ4v) is 3.10. The van der Waals surface area contributed by atoms with E-state index in [0.29, 0.717) is 25.7 Å². The number of rotatable bonds is 12. The van der Waals surface area contributed by atoms with Gasteiger partial charge in [0, 0.05) is 18.8 Å². The first-order valence-corrected chi connectivity index (χ1v) is 9.68. The zero-order valence-corrected chi connectivity index (χ0v) is 15.7. The maximum atomic E-state index is 10.5. The molecule has 0 amide bonds. The van der Waals surface area contributed by atoms with Crippen molar-refractivity contribution in [3.05, 3.63) is 24.3 Å². The van der Waals surface area contributed by atoms with Crippen LogP contribution >= 0.6 is 0 Å². The molecule has 0 bridgehead atoms. The summed E-state index contributed by atoms with van der Waals surface area (Å²) in [4.78, 5) is 10.5. The predicted molar refractivity (Wildman–Crippen MR) is 99.5 cm³/mol. The molecule has 26 heavy (non-hydrogen) atoms. The number of carbonyl (C=O) groups is 1. The number of aliphatic carboxylic acids is 1. The van der Waals surface area contributed by atoms with Gasteiger partial charge < -0.3 is 25.2 Å². The summed E-state index contributed by atoms with van der Waals surface area (Å²) in [5, 5.41) is 38.7. The van der Waals surface area contributed by atoms with Crippen LogP contribution in [0, 0.1) is 5.92 Å². The topological polar surface area (TPSA) is 107 Å². The third-order valence-electron chi connectivity index (χ3n) is 4.64. The molecule has 0 spiro atoms. The standard InChI is InChI=1S/C20H34O6/c1-2-3-6-9-15(21)12-13-18-16(17(22)14-20(25)26-18)10-7-4-5-8-11-19(23)24/h4,7,12-13,15-18,20-22,25H,2-3,5-6,8-11,14H2,1H3,(H,23,24)/t15?,16-,17?,18+,20?/m0/s1. The Kier molecular flexibility index (Phi) is 11.4. The van der Waals surface area contributed by atoms with Crippen molar-refractivity contribution in [2.24, 2.45) is 5.92 Å². The van der Waals surface area contributed by atoms with Gasteiger partial charge in [0.1, 0.15) is 0 Å². The van der Waals surface area contributed by atoms with Gasteiger partial charge >= 0.3 is 5.97 Å². The molecule has 0 aliphatic carbocycles. The van der Waals surface area contributed by atoms with Gasteiger partial charge in [0.05, 0.1) is 18.3 Å². The van der Waals surface area contributed by atoms with Crippen LogP contribution in [-0.4, -0.2) is 51.0 Å². The second kappa shape index (κ2) is 13.0. The number of hydrogen-bond donors (Lipinski definition) is 4. The molecule has 6 heteroatoms. The van der Waals surface area contributed by atoms with E-state index >= 15 is 0 Å². The minimum absolute atomic E-state index is 0.146. The van der Waals surface area contributed by atoms with E-state index in [2.05, 4.69) is 6.92 Å². The molecule has 0 radical (unpaired) electrons. The summed E-state index contributed by atoms with van der Waals surface area (Å²) in [7, 11) is 0. The maximum Gasteiger partial charge on any atom is 0.303 e. The van der Waals surface area contributed by atoms with E-state index in [-0.39, 0.29) is 18.8 Å². The van der Waals surface area contributed by atoms with E-state index in [1.54, 1.807) is 12.2 Å². The molecule has 5 atom stereocenters. The molecule has 0 aromatic rings. The maximum absolute atomic E-state index is 10.5. The molecular weight excluding hydrogens is 336 g/mol. The zero-order chi connectivity index (χ0) is 19.4. The Hall–Kier alpha value is -1.21. The van der Waals surface area contributed by atoms with E-state index in [0.717, 1.165) is 19.3 Å². The van der Waals surface area contributed by atoms with Gasteiger partial charge in [-0.15, -0.1) is 0 Å². The predicted octanol–water partition coefficient (Wildman–Crippen LogP) is 2.77. The SMILES string of the molecule is CCCCCC(O)C=C[C@H]1OC(O)CC(O)[C@@H]1CC=CCCCC(=O)O. The van der Waals surface area contributed by atoms with Gasteiger partial charge in [-0.3, -0.25) is 4.79 Å². The summed E-state index contributed by atoms with van der Waals surface area (Å²) in [5.74, 6) is -1.00. The van der Waals surface area contributed by atoms with Crippen LogP contribution in [0.15, 0.2) is 24.3 Å². The zero-order valence-electron chi connectivity index (χ0n) is 15.7. The van der Waals surface area contributed by atoms with Crippen molar-refractivity contribution in [1.29, 1.82) is 0 Å². The van der Waals surface area contributed by atoms with Crippen molar-refractivity contribution in [2.45, 2.75) is 89.3 Å². The Morgan fingerprint density at radius 2 is 2.00 bits per heavy atom. The highest BCUT2D eigenvalue weighted by atomic mass is 16.6. The largest absolute Gasteiger partial charge is 0.481 e. The minimum atomic E-state index is -1.01. The molecule has 6 nitrogen and oxygen atoms in total. The van der Waals surface area contributed by atoms with Crippen molar-refractivity contribution in [2.75, 3.05) is 0 Å². The Balaban J connectivity index is 2.52. The monoisotopic (exact) mass is 370 g/mol. The highest BCUT2D eigenvalue weighted by Crippen LogP contribution is 2.29. The number of hydrogen-bond acceptors (Lipinski definition) is 5. The Morgan fingerprint density at radius 1 is 1.23 bits per heavy atom. The average Bonchev–Trinajstić information content (AvgIpc) is 2.57. The number of allylic oxidation sites excluding steroid dienone is 2. The lowest BCUT2D eigenvalue weighted by Crippen LogP contribution is -2.43. The molecule has 0 saturated carbocycles. The quantitative estimate of drug-likeness (QED) is 0.311. The first-order valence-electron chi connectivity index (χ1n) is 9.68. The molecule has 1 aliphatic rings. The van der Waals surface area contributed by atoms with Crippen LogP contribution < -0.4 is 0 Å². The number of aliphatic hydroxyl groups excluding tert-OH is 3. The van der Waals surface area contributed by atoms with Crippen molar-refractivity contribution in [3.8, 4) is 0 Å². The van der Waals surface area contributed by atoms with Gasteiger partial charge in [0.15, 0.2) is 6.29 Å². The Bertz CT molecular complexity index is 448. The van der Waals surface area contributed by atoms with Gasteiger partial charge in [-0.25, -0.2) is 0 Å². The van der Waals surface area contributed by atoms with Crippen molar-refractivity contribution >= 4 is 5.97 Å². The van der Waals surface area contributed by atoms with Crippen LogP contribution in [0.25, 0.3) is 0 Å². The Labute approximate surface area is 156 Å². The second-order valence-electron chi connectivity index (χ2n) is 6.96. The van der Waals surface area contributed by atoms with E-state index in [9.17, 15) is 20.1 Å². The molecule has 0 aromatic heterocycles. The number of carboxylic acids is 1. The van der Waals surface area contributed by atoms with Crippen molar-refractivity contribution in [1.82, 2.24) is 0 Å². The van der Waals surface area contributed by atoms with Gasteiger partial charge in [-0.2, -0.15) is 0 Å². The first-order chi connectivity index (χ1) is 12.4. The lowest BCUT2D eigenvalue weighted by molar-refractivity contribution is -0.199. The molecular formula is C20H34O6. The fourth-order valence-electron chi connectivity index (χ4n) is 3.10. The highest BCUT2D eigenvalue weighted by molar-refractivity contribution is 5.66. The highest BCUT2D eigenvalue weighted by Gasteiger charge is 2.35. The summed E-state index contributed by atoms with van der Waals surface area (Å²) in [6.45, 7) is 2.11. The van der Waals surface area contributed by atoms with E-state index in [4.69, 9.17) is 9.84 Å². The third kappa shape index (κ3) is 9.48. The van der Waals surface area contributed by atoms with Crippen LogP contribution in [0.4, 0.5) is 0 Å². The van der Waals surface area contributed by atoms with Gasteiger partial charge in [-0.1, -0.05) is 50.5 Å². The van der Waals surface area contributed by atoms with Gasteiger partial charge in [0.2, 0.25) is 0 Å². The lowest BCUT2D eigenvalue weighted by Gasteiger charge is -2.36. The van der Waals surface area contributed by atoms with Gasteiger partial charge in [-0.05, 0) is 25.7 Å². The summed E-state index contributed by atoms with van der Waals surface area (Å²) in [5.41, 5.74) is 0. The number of ether oxygens (including phenoxy) is 1. The number of aliphatic hydroxyl groups is 3. The van der Waals surface area contributed by atoms with Crippen LogP contribution in [0.2, 0.25) is 0 Å². The molecule has 1 rings (SSSR count). The van der Waals surface area contributed by atoms with Gasteiger partial charge in [0.25, 0.3) is 0 Å². The molecule has 150 valence electrons. The van der Waals surface area contributed by atoms with E-state index in [1.807, 2.05) is 12.2 Å². The normalized spacial score (nSPS) is 28.0. The molecule has 1 saturated heterocycles. The van der Waals surface area contributed by atoms with Crippen LogP contribution in [0.3, 0.4) is 0 Å². The number of unbranched alkanes of at least 4 members (excludes halogenated alkanes) is 3. The minimum Gasteiger partial charge on any atom is -0.481 e. The average molecular weight is 370 g/mol. The summed E-state index contributed by atoms with van der Waals surface area (Å²) in [6.07, 6.45) is 10.5. The molecule has 1 fully saturated rings. The second-order valence-corrected chi connectivity index (χ2v) is 6.96. The lowest BCUT2D eigenvalue weighted by atomic mass is 9.87. The molecule has 4 N–H and O–H groups in total. The fraction of sp³-hybridized carbons (Fsp3) is 0.750. The molecule has 0 aromatic carbocycles. The Morgan fingerprint density at radius 3 is 2.69 bits per heavy atom. The van der Waals surface area contributed by atoms with E-state index in [1.165, 1.54) is 0 Å². The summed E-state index contributed by atoms with van der Waals surface area (Å²) < 4.78 is 5.54. The third-order valence-corrected chi connectivity index (χ3v) is 4.64. The molecule has 1 aliphatic heterocycles. The molecule has 3 unspecified atom stereocenters. The van der Waals surface area contributed by atoms with E-state index < -0.39 is 30.6 Å². The van der Waals surface area contributed by atoms with Crippen LogP contribution in [0.1, 0.15) is 64.7 Å². The number of carboxylic acid groups (broad SMARTS) is 1. The molecule has 1 heterocycles. The van der Waals surface area contributed by atoms with Crippen LogP contribution in [-0.2, 0) is 9.53 Å². The van der Waals surface area contributed by atoms with Crippen molar-refractivity contribution < 1.29 is 30.0 Å². The van der Waals surface area contributed by atoms with Crippen molar-refractivity contribution in [3.63, 3.8) is 0 Å². The smallest absolute Gasteiger partial charge is 0.303 e. The first kappa shape index (κ1) is 22.8. The van der Waals surface area contributed by atoms with Crippen LogP contribution in [0.5, 0.6) is 0 Å². The summed E-state index contributed by atoms with van der Waals surface area (Å²) >= 11 is 0.